The Bertz CT molecular complexity index is 417. The smallest absolute Gasteiger partial charge is 0.250 e. The van der Waals surface area contributed by atoms with Crippen molar-refractivity contribution < 1.29 is 9.32 Å². The van der Waals surface area contributed by atoms with Crippen LogP contribution in [0.1, 0.15) is 44.3 Å². The van der Waals surface area contributed by atoms with E-state index in [4.69, 9.17) is 4.52 Å². The van der Waals surface area contributed by atoms with Crippen molar-refractivity contribution in [2.45, 2.75) is 32.6 Å². The predicted octanol–water partition coefficient (Wildman–Crippen LogP) is 1.83. The van der Waals surface area contributed by atoms with Crippen LogP contribution in [-0.2, 0) is 4.79 Å². The van der Waals surface area contributed by atoms with Gasteiger partial charge in [0.2, 0.25) is 5.91 Å². The molecule has 17 heavy (non-hydrogen) atoms. The van der Waals surface area contributed by atoms with Crippen LogP contribution in [0.4, 0.5) is 0 Å². The zero-order valence-corrected chi connectivity index (χ0v) is 10.2. The quantitative estimate of drug-likeness (QED) is 0.750. The van der Waals surface area contributed by atoms with E-state index in [1.54, 1.807) is 6.08 Å². The second kappa shape index (κ2) is 5.12. The lowest BCUT2D eigenvalue weighted by molar-refractivity contribution is -0.124. The Morgan fingerprint density at radius 1 is 1.41 bits per heavy atom. The van der Waals surface area contributed by atoms with Crippen LogP contribution in [0.15, 0.2) is 10.6 Å². The molecule has 1 aliphatic rings. The molecule has 0 unspecified atom stereocenters. The average molecular weight is 235 g/mol. The molecule has 1 saturated heterocycles. The number of likely N-dealkylation sites (tertiary alicyclic amines) is 1. The van der Waals surface area contributed by atoms with Crippen LogP contribution in [-0.4, -0.2) is 34.0 Å². The monoisotopic (exact) mass is 235 g/mol. The van der Waals surface area contributed by atoms with Crippen LogP contribution >= 0.6 is 0 Å². The van der Waals surface area contributed by atoms with E-state index in [1.165, 1.54) is 6.08 Å². The second-order valence-corrected chi connectivity index (χ2v) is 4.51. The molecule has 1 amide bonds. The Labute approximate surface area is 100 Å². The van der Waals surface area contributed by atoms with Crippen LogP contribution in [0.3, 0.4) is 0 Å². The first-order valence-electron chi connectivity index (χ1n) is 5.97. The van der Waals surface area contributed by atoms with Crippen molar-refractivity contribution in [3.63, 3.8) is 0 Å². The summed E-state index contributed by atoms with van der Waals surface area (Å²) in [5.41, 5.74) is 0. The lowest BCUT2D eigenvalue weighted by Gasteiger charge is -2.11. The van der Waals surface area contributed by atoms with Crippen molar-refractivity contribution >= 4 is 12.0 Å². The molecule has 0 atom stereocenters. The zero-order valence-electron chi connectivity index (χ0n) is 10.2. The van der Waals surface area contributed by atoms with E-state index in [0.29, 0.717) is 11.7 Å². The van der Waals surface area contributed by atoms with E-state index in [0.717, 1.165) is 25.9 Å². The van der Waals surface area contributed by atoms with E-state index in [-0.39, 0.29) is 11.8 Å². The number of hydrogen-bond donors (Lipinski definition) is 0. The topological polar surface area (TPSA) is 59.2 Å². The molecule has 1 aromatic heterocycles. The Kier molecular flexibility index (Phi) is 3.56. The number of nitrogens with zero attached hydrogens (tertiary/aromatic N) is 3. The molecule has 0 aliphatic carbocycles. The Hall–Kier alpha value is -1.65. The van der Waals surface area contributed by atoms with Gasteiger partial charge >= 0.3 is 0 Å². The molecule has 2 heterocycles. The van der Waals surface area contributed by atoms with Crippen molar-refractivity contribution in [1.29, 1.82) is 0 Å². The zero-order chi connectivity index (χ0) is 12.3. The van der Waals surface area contributed by atoms with Gasteiger partial charge in [-0.05, 0) is 12.8 Å². The van der Waals surface area contributed by atoms with Gasteiger partial charge in [-0.3, -0.25) is 4.79 Å². The van der Waals surface area contributed by atoms with Crippen LogP contribution < -0.4 is 0 Å². The fraction of sp³-hybridized carbons (Fsp3) is 0.583. The molecule has 5 heteroatoms. The molecule has 0 radical (unpaired) electrons. The minimum absolute atomic E-state index is 0.0202. The summed E-state index contributed by atoms with van der Waals surface area (Å²) in [6, 6.07) is 0. The SMILES string of the molecule is CC(C)c1noc(/C=C/C(=O)N2CCCC2)n1. The maximum Gasteiger partial charge on any atom is 0.250 e. The third-order valence-electron chi connectivity index (χ3n) is 2.76. The molecule has 1 fully saturated rings. The highest BCUT2D eigenvalue weighted by Crippen LogP contribution is 2.11. The van der Waals surface area contributed by atoms with Crippen molar-refractivity contribution in [2.24, 2.45) is 0 Å². The number of carbonyl (C=O) groups excluding carboxylic acids is 1. The third-order valence-corrected chi connectivity index (χ3v) is 2.76. The number of amides is 1. The lowest BCUT2D eigenvalue weighted by Crippen LogP contribution is -2.25. The molecule has 2 rings (SSSR count). The first kappa shape index (κ1) is 11.8. The summed E-state index contributed by atoms with van der Waals surface area (Å²) >= 11 is 0. The Morgan fingerprint density at radius 3 is 2.71 bits per heavy atom. The third kappa shape index (κ3) is 2.93. The van der Waals surface area contributed by atoms with Gasteiger partial charge in [-0.2, -0.15) is 4.98 Å². The predicted molar refractivity (Wildman–Crippen MR) is 63.2 cm³/mol. The molecule has 0 aromatic carbocycles. The maximum atomic E-state index is 11.7. The van der Waals surface area contributed by atoms with Gasteiger partial charge in [0.05, 0.1) is 0 Å². The molecule has 92 valence electrons. The van der Waals surface area contributed by atoms with Crippen molar-refractivity contribution in [2.75, 3.05) is 13.1 Å². The van der Waals surface area contributed by atoms with Gasteiger partial charge in [-0.1, -0.05) is 19.0 Å². The minimum atomic E-state index is 0.0202. The second-order valence-electron chi connectivity index (χ2n) is 4.51. The molecular weight excluding hydrogens is 218 g/mol. The summed E-state index contributed by atoms with van der Waals surface area (Å²) < 4.78 is 5.02. The van der Waals surface area contributed by atoms with E-state index in [1.807, 2.05) is 18.7 Å². The fourth-order valence-electron chi connectivity index (χ4n) is 1.73. The lowest BCUT2D eigenvalue weighted by atomic mass is 10.2. The number of aromatic nitrogens is 2. The largest absolute Gasteiger partial charge is 0.339 e. The summed E-state index contributed by atoms with van der Waals surface area (Å²) in [6.07, 6.45) is 5.28. The Morgan fingerprint density at radius 2 is 2.12 bits per heavy atom. The normalized spacial score (nSPS) is 16.3. The van der Waals surface area contributed by atoms with Gasteiger partial charge in [0.25, 0.3) is 5.89 Å². The van der Waals surface area contributed by atoms with Crippen molar-refractivity contribution in [3.8, 4) is 0 Å². The molecule has 0 N–H and O–H groups in total. The van der Waals surface area contributed by atoms with Crippen LogP contribution in [0, 0.1) is 0 Å². The minimum Gasteiger partial charge on any atom is -0.339 e. The molecule has 5 nitrogen and oxygen atoms in total. The fourth-order valence-corrected chi connectivity index (χ4v) is 1.73. The van der Waals surface area contributed by atoms with Crippen LogP contribution in [0.25, 0.3) is 6.08 Å². The summed E-state index contributed by atoms with van der Waals surface area (Å²) in [7, 11) is 0. The summed E-state index contributed by atoms with van der Waals surface area (Å²) in [6.45, 7) is 5.69. The van der Waals surface area contributed by atoms with Gasteiger partial charge in [0, 0.05) is 31.2 Å². The van der Waals surface area contributed by atoms with Crippen LogP contribution in [0.2, 0.25) is 0 Å². The van der Waals surface area contributed by atoms with E-state index in [2.05, 4.69) is 10.1 Å². The molecule has 1 aliphatic heterocycles. The average Bonchev–Trinajstić information content (AvgIpc) is 2.97. The first-order chi connectivity index (χ1) is 8.16. The molecule has 0 spiro atoms. The maximum absolute atomic E-state index is 11.7. The van der Waals surface area contributed by atoms with Crippen LogP contribution in [0.5, 0.6) is 0 Å². The number of hydrogen-bond acceptors (Lipinski definition) is 4. The number of carbonyl (C=O) groups is 1. The van der Waals surface area contributed by atoms with E-state index < -0.39 is 0 Å². The van der Waals surface area contributed by atoms with E-state index in [9.17, 15) is 4.79 Å². The van der Waals surface area contributed by atoms with Gasteiger partial charge in [-0.15, -0.1) is 0 Å². The summed E-state index contributed by atoms with van der Waals surface area (Å²) in [5.74, 6) is 1.31. The highest BCUT2D eigenvalue weighted by atomic mass is 16.5. The van der Waals surface area contributed by atoms with E-state index >= 15 is 0 Å². The number of rotatable bonds is 3. The molecule has 0 bridgehead atoms. The highest BCUT2D eigenvalue weighted by molar-refractivity contribution is 5.91. The first-order valence-corrected chi connectivity index (χ1v) is 5.97. The summed E-state index contributed by atoms with van der Waals surface area (Å²) in [4.78, 5) is 17.7. The van der Waals surface area contributed by atoms with Crippen molar-refractivity contribution in [1.82, 2.24) is 15.0 Å². The van der Waals surface area contributed by atoms with Gasteiger partial charge in [-0.25, -0.2) is 0 Å². The molecular formula is C12H17N3O2. The Balaban J connectivity index is 1.96. The van der Waals surface area contributed by atoms with Gasteiger partial charge < -0.3 is 9.42 Å². The highest BCUT2D eigenvalue weighted by Gasteiger charge is 2.15. The molecule has 0 saturated carbocycles. The van der Waals surface area contributed by atoms with Gasteiger partial charge in [0.1, 0.15) is 0 Å². The van der Waals surface area contributed by atoms with Crippen molar-refractivity contribution in [3.05, 3.63) is 17.8 Å². The van der Waals surface area contributed by atoms with Gasteiger partial charge in [0.15, 0.2) is 5.82 Å². The standard InChI is InChI=1S/C12H17N3O2/c1-9(2)12-13-10(17-14-12)5-6-11(16)15-7-3-4-8-15/h5-6,9H,3-4,7-8H2,1-2H3/b6-5+. The summed E-state index contributed by atoms with van der Waals surface area (Å²) in [5, 5.41) is 3.83. The molecule has 1 aromatic rings.